The smallest absolute Gasteiger partial charge is 0.415 e. The lowest BCUT2D eigenvalue weighted by Gasteiger charge is -2.35. The van der Waals surface area contributed by atoms with E-state index in [4.69, 9.17) is 9.26 Å². The Kier molecular flexibility index (Phi) is 3.56. The average molecular weight is 308 g/mol. The molecule has 0 N–H and O–H groups in total. The summed E-state index contributed by atoms with van der Waals surface area (Å²) in [7, 11) is 0. The van der Waals surface area contributed by atoms with Gasteiger partial charge in [0.15, 0.2) is 12.4 Å². The van der Waals surface area contributed by atoms with E-state index in [2.05, 4.69) is 5.16 Å². The van der Waals surface area contributed by atoms with Gasteiger partial charge in [-0.1, -0.05) is 29.4 Å². The Morgan fingerprint density at radius 1 is 1.45 bits per heavy atom. The second kappa shape index (κ2) is 5.40. The highest BCUT2D eigenvalue weighted by molar-refractivity contribution is 5.69. The largest absolute Gasteiger partial charge is 0.441 e. The van der Waals surface area contributed by atoms with Gasteiger partial charge in [-0.05, 0) is 18.9 Å². The van der Waals surface area contributed by atoms with Crippen molar-refractivity contribution in [2.45, 2.75) is 26.0 Å². The number of alkyl halides is 2. The summed E-state index contributed by atoms with van der Waals surface area (Å²) in [5, 5.41) is 3.64. The van der Waals surface area contributed by atoms with Crippen molar-refractivity contribution in [1.82, 2.24) is 10.1 Å². The number of carbonyl (C=O) groups is 1. The molecule has 1 aliphatic heterocycles. The molecule has 0 radical (unpaired) electrons. The van der Waals surface area contributed by atoms with E-state index >= 15 is 0 Å². The van der Waals surface area contributed by atoms with Crippen LogP contribution in [0.15, 0.2) is 34.9 Å². The van der Waals surface area contributed by atoms with Crippen LogP contribution in [0.4, 0.5) is 13.6 Å². The second-order valence-electron chi connectivity index (χ2n) is 5.09. The first-order valence-corrected chi connectivity index (χ1v) is 6.81. The standard InChI is InChI=1S/C15H14F2N2O3/c1-10-8-12(22-18-10)9-21-14(20)19-7-6-11-4-2-3-5-13(11)15(19,16)17/h2-5,8H,6-7,9H2,1H3. The third-order valence-corrected chi connectivity index (χ3v) is 3.52. The summed E-state index contributed by atoms with van der Waals surface area (Å²) in [6.07, 6.45) is -0.712. The number of carbonyl (C=O) groups excluding carboxylic acids is 1. The maximum atomic E-state index is 14.4. The molecule has 5 nitrogen and oxygen atoms in total. The maximum Gasteiger partial charge on any atom is 0.415 e. The number of ether oxygens (including phenoxy) is 1. The lowest BCUT2D eigenvalue weighted by Crippen LogP contribution is -2.48. The minimum absolute atomic E-state index is 0.0989. The maximum absolute atomic E-state index is 14.4. The zero-order valence-corrected chi connectivity index (χ0v) is 11.9. The van der Waals surface area contributed by atoms with E-state index in [0.29, 0.717) is 28.3 Å². The number of rotatable bonds is 2. The van der Waals surface area contributed by atoms with E-state index in [1.807, 2.05) is 0 Å². The second-order valence-corrected chi connectivity index (χ2v) is 5.09. The van der Waals surface area contributed by atoms with E-state index in [0.717, 1.165) is 0 Å². The van der Waals surface area contributed by atoms with Gasteiger partial charge in [-0.25, -0.2) is 9.69 Å². The monoisotopic (exact) mass is 308 g/mol. The number of hydrogen-bond acceptors (Lipinski definition) is 4. The van der Waals surface area contributed by atoms with Crippen molar-refractivity contribution in [3.05, 3.63) is 52.9 Å². The molecule has 1 aliphatic rings. The molecule has 0 saturated carbocycles. The Hall–Kier alpha value is -2.44. The fourth-order valence-corrected chi connectivity index (χ4v) is 2.45. The van der Waals surface area contributed by atoms with Crippen LogP contribution in [0.2, 0.25) is 0 Å². The van der Waals surface area contributed by atoms with E-state index in [1.165, 1.54) is 12.1 Å². The Morgan fingerprint density at radius 3 is 2.95 bits per heavy atom. The average Bonchev–Trinajstić information content (AvgIpc) is 2.90. The van der Waals surface area contributed by atoms with Gasteiger partial charge in [-0.2, -0.15) is 8.78 Å². The molecule has 1 amide bonds. The third kappa shape index (κ3) is 2.54. The van der Waals surface area contributed by atoms with Crippen molar-refractivity contribution >= 4 is 6.09 Å². The number of nitrogens with zero attached hydrogens (tertiary/aromatic N) is 2. The SMILES string of the molecule is Cc1cc(COC(=O)N2CCc3ccccc3C2(F)F)on1. The molecule has 1 aromatic carbocycles. The van der Waals surface area contributed by atoms with Crippen molar-refractivity contribution < 1.29 is 22.8 Å². The summed E-state index contributed by atoms with van der Waals surface area (Å²) in [6, 6.07) is 4.39. The quantitative estimate of drug-likeness (QED) is 0.799. The lowest BCUT2D eigenvalue weighted by atomic mass is 9.98. The number of benzene rings is 1. The molecule has 2 aromatic rings. The number of halogens is 2. The summed E-state index contributed by atoms with van der Waals surface area (Å²) in [6.45, 7) is 1.39. The predicted octanol–water partition coefficient (Wildman–Crippen LogP) is 3.23. The molecule has 0 saturated heterocycles. The molecule has 2 heterocycles. The molecule has 22 heavy (non-hydrogen) atoms. The lowest BCUT2D eigenvalue weighted by molar-refractivity contribution is -0.147. The van der Waals surface area contributed by atoms with Gasteiger partial charge in [0.25, 0.3) is 0 Å². The molecule has 0 fully saturated rings. The summed E-state index contributed by atoms with van der Waals surface area (Å²) >= 11 is 0. The summed E-state index contributed by atoms with van der Waals surface area (Å²) < 4.78 is 38.6. The van der Waals surface area contributed by atoms with Gasteiger partial charge in [0, 0.05) is 18.2 Å². The highest BCUT2D eigenvalue weighted by atomic mass is 19.3. The molecule has 1 aromatic heterocycles. The van der Waals surface area contributed by atoms with Crippen LogP contribution < -0.4 is 0 Å². The van der Waals surface area contributed by atoms with Crippen molar-refractivity contribution in [3.63, 3.8) is 0 Å². The predicted molar refractivity (Wildman–Crippen MR) is 72.2 cm³/mol. The van der Waals surface area contributed by atoms with Gasteiger partial charge in [-0.15, -0.1) is 0 Å². The van der Waals surface area contributed by atoms with Gasteiger partial charge in [0.05, 0.1) is 5.69 Å². The number of aromatic nitrogens is 1. The molecule has 0 bridgehead atoms. The Labute approximate surface area is 125 Å². The van der Waals surface area contributed by atoms with Crippen LogP contribution in [-0.4, -0.2) is 22.7 Å². The summed E-state index contributed by atoms with van der Waals surface area (Å²) in [4.78, 5) is 12.4. The molecule has 0 atom stereocenters. The molecular weight excluding hydrogens is 294 g/mol. The Bertz CT molecular complexity index is 700. The topological polar surface area (TPSA) is 55.6 Å². The number of amides is 1. The summed E-state index contributed by atoms with van der Waals surface area (Å²) in [5.41, 5.74) is 1.01. The van der Waals surface area contributed by atoms with Crippen LogP contribution in [0.5, 0.6) is 0 Å². The fourth-order valence-electron chi connectivity index (χ4n) is 2.45. The first-order valence-electron chi connectivity index (χ1n) is 6.81. The van der Waals surface area contributed by atoms with Crippen molar-refractivity contribution in [3.8, 4) is 0 Å². The first kappa shape index (κ1) is 14.5. The fraction of sp³-hybridized carbons (Fsp3) is 0.333. The van der Waals surface area contributed by atoms with Gasteiger partial charge in [0.2, 0.25) is 0 Å². The molecule has 0 unspecified atom stereocenters. The van der Waals surface area contributed by atoms with E-state index in [-0.39, 0.29) is 18.7 Å². The first-order chi connectivity index (χ1) is 10.5. The van der Waals surface area contributed by atoms with Crippen molar-refractivity contribution in [2.24, 2.45) is 0 Å². The normalized spacial score (nSPS) is 16.2. The number of aryl methyl sites for hydroxylation is 1. The number of fused-ring (bicyclic) bond motifs is 1. The Balaban J connectivity index is 1.73. The third-order valence-electron chi connectivity index (χ3n) is 3.52. The highest BCUT2D eigenvalue weighted by Gasteiger charge is 2.47. The minimum atomic E-state index is -3.39. The Morgan fingerprint density at radius 2 is 2.23 bits per heavy atom. The van der Waals surface area contributed by atoms with Crippen LogP contribution in [-0.2, 0) is 23.8 Å². The van der Waals surface area contributed by atoms with E-state index in [9.17, 15) is 13.6 Å². The molecule has 7 heteroatoms. The van der Waals surface area contributed by atoms with Crippen LogP contribution >= 0.6 is 0 Å². The molecule has 116 valence electrons. The zero-order chi connectivity index (χ0) is 15.7. The van der Waals surface area contributed by atoms with Gasteiger partial charge in [-0.3, -0.25) is 0 Å². The van der Waals surface area contributed by atoms with Gasteiger partial charge < -0.3 is 9.26 Å². The minimum Gasteiger partial charge on any atom is -0.441 e. The molecule has 0 spiro atoms. The van der Waals surface area contributed by atoms with Crippen LogP contribution in [0.3, 0.4) is 0 Å². The zero-order valence-electron chi connectivity index (χ0n) is 11.9. The van der Waals surface area contributed by atoms with Crippen molar-refractivity contribution in [1.29, 1.82) is 0 Å². The van der Waals surface area contributed by atoms with Crippen LogP contribution in [0, 0.1) is 6.92 Å². The van der Waals surface area contributed by atoms with Gasteiger partial charge in [0.1, 0.15) is 0 Å². The number of hydrogen-bond donors (Lipinski definition) is 0. The van der Waals surface area contributed by atoms with E-state index < -0.39 is 12.1 Å². The molecule has 0 aliphatic carbocycles. The molecule has 3 rings (SSSR count). The highest BCUT2D eigenvalue weighted by Crippen LogP contribution is 2.38. The van der Waals surface area contributed by atoms with Crippen LogP contribution in [0.25, 0.3) is 0 Å². The molecular formula is C15H14F2N2O3. The van der Waals surface area contributed by atoms with E-state index in [1.54, 1.807) is 25.1 Å². The summed E-state index contributed by atoms with van der Waals surface area (Å²) in [5.74, 6) is 0.312. The van der Waals surface area contributed by atoms with Gasteiger partial charge >= 0.3 is 12.1 Å². The van der Waals surface area contributed by atoms with Crippen LogP contribution in [0.1, 0.15) is 22.6 Å². The van der Waals surface area contributed by atoms with Crippen molar-refractivity contribution in [2.75, 3.05) is 6.54 Å².